The zero-order valence-electron chi connectivity index (χ0n) is 15.6. The molecular weight excluding hydrogens is 346 g/mol. The molecule has 8 nitrogen and oxygen atoms in total. The van der Waals surface area contributed by atoms with E-state index in [0.717, 1.165) is 47.4 Å². The van der Waals surface area contributed by atoms with Gasteiger partial charge in [-0.1, -0.05) is 6.07 Å². The second kappa shape index (κ2) is 7.53. The molecule has 0 saturated carbocycles. The SMILES string of the molecule is COc1ccc(C)cc1NC(=O)c1oc2c(c1C)/C(=N/N=C(N)N)CCC2. The van der Waals surface area contributed by atoms with Crippen LogP contribution >= 0.6 is 0 Å². The third-order valence-electron chi connectivity index (χ3n) is 4.42. The molecule has 142 valence electrons. The summed E-state index contributed by atoms with van der Waals surface area (Å²) in [6.45, 7) is 3.78. The molecule has 5 N–H and O–H groups in total. The Kier molecular flexibility index (Phi) is 5.16. The maximum atomic E-state index is 12.8. The van der Waals surface area contributed by atoms with Gasteiger partial charge in [0.25, 0.3) is 5.91 Å². The summed E-state index contributed by atoms with van der Waals surface area (Å²) in [5.74, 6) is 1.11. The minimum absolute atomic E-state index is 0.111. The molecule has 1 amide bonds. The van der Waals surface area contributed by atoms with Crippen LogP contribution < -0.4 is 21.5 Å². The molecule has 0 saturated heterocycles. The minimum atomic E-state index is -0.341. The molecule has 1 heterocycles. The number of anilines is 1. The number of carbonyl (C=O) groups is 1. The van der Waals surface area contributed by atoms with E-state index >= 15 is 0 Å². The minimum Gasteiger partial charge on any atom is -0.495 e. The van der Waals surface area contributed by atoms with Gasteiger partial charge in [0, 0.05) is 17.5 Å². The van der Waals surface area contributed by atoms with Crippen LogP contribution in [0.1, 0.15) is 45.8 Å². The Morgan fingerprint density at radius 3 is 2.74 bits per heavy atom. The molecule has 3 rings (SSSR count). The topological polar surface area (TPSA) is 128 Å². The van der Waals surface area contributed by atoms with E-state index in [0.29, 0.717) is 11.4 Å². The molecule has 0 radical (unpaired) electrons. The highest BCUT2D eigenvalue weighted by Gasteiger charge is 2.28. The molecule has 0 aliphatic heterocycles. The first-order valence-corrected chi connectivity index (χ1v) is 8.64. The number of nitrogens with two attached hydrogens (primary N) is 2. The Hall–Kier alpha value is -3.29. The number of hydrogen-bond acceptors (Lipinski definition) is 5. The van der Waals surface area contributed by atoms with Gasteiger partial charge in [0.1, 0.15) is 11.5 Å². The number of fused-ring (bicyclic) bond motifs is 1. The van der Waals surface area contributed by atoms with E-state index in [4.69, 9.17) is 20.6 Å². The number of carbonyl (C=O) groups excluding carboxylic acids is 1. The second-order valence-corrected chi connectivity index (χ2v) is 6.44. The molecule has 1 aromatic carbocycles. The third-order valence-corrected chi connectivity index (χ3v) is 4.42. The molecule has 1 aliphatic rings. The maximum Gasteiger partial charge on any atom is 0.291 e. The lowest BCUT2D eigenvalue weighted by Gasteiger charge is -2.12. The number of aryl methyl sites for hydroxylation is 2. The predicted octanol–water partition coefficient (Wildman–Crippen LogP) is 2.47. The largest absolute Gasteiger partial charge is 0.495 e. The Balaban J connectivity index is 1.95. The average molecular weight is 369 g/mol. The van der Waals surface area contributed by atoms with Crippen LogP contribution in [0.2, 0.25) is 0 Å². The molecular formula is C19H23N5O3. The van der Waals surface area contributed by atoms with Gasteiger partial charge in [-0.2, -0.15) is 5.10 Å². The van der Waals surface area contributed by atoms with Crippen molar-refractivity contribution in [3.63, 3.8) is 0 Å². The maximum absolute atomic E-state index is 12.8. The Morgan fingerprint density at radius 1 is 1.26 bits per heavy atom. The highest BCUT2D eigenvalue weighted by Crippen LogP contribution is 2.31. The molecule has 0 fully saturated rings. The van der Waals surface area contributed by atoms with Gasteiger partial charge >= 0.3 is 0 Å². The number of furan rings is 1. The summed E-state index contributed by atoms with van der Waals surface area (Å²) in [6.07, 6.45) is 2.31. The van der Waals surface area contributed by atoms with Crippen molar-refractivity contribution < 1.29 is 13.9 Å². The van der Waals surface area contributed by atoms with Crippen LogP contribution in [0.25, 0.3) is 0 Å². The van der Waals surface area contributed by atoms with Crippen LogP contribution in [0, 0.1) is 13.8 Å². The van der Waals surface area contributed by atoms with E-state index < -0.39 is 0 Å². The summed E-state index contributed by atoms with van der Waals surface area (Å²) in [6, 6.07) is 5.57. The van der Waals surface area contributed by atoms with Crippen molar-refractivity contribution in [2.75, 3.05) is 12.4 Å². The highest BCUT2D eigenvalue weighted by molar-refractivity contribution is 6.09. The molecule has 2 aromatic rings. The van der Waals surface area contributed by atoms with Gasteiger partial charge < -0.3 is 25.9 Å². The van der Waals surface area contributed by atoms with Crippen molar-refractivity contribution in [2.45, 2.75) is 33.1 Å². The smallest absolute Gasteiger partial charge is 0.291 e. The molecule has 8 heteroatoms. The van der Waals surface area contributed by atoms with Crippen molar-refractivity contribution in [1.29, 1.82) is 0 Å². The van der Waals surface area contributed by atoms with Crippen molar-refractivity contribution in [3.05, 3.63) is 46.4 Å². The van der Waals surface area contributed by atoms with Crippen LogP contribution in [-0.2, 0) is 6.42 Å². The van der Waals surface area contributed by atoms with Gasteiger partial charge in [-0.3, -0.25) is 4.79 Å². The molecule has 0 atom stereocenters. The van der Waals surface area contributed by atoms with Gasteiger partial charge in [0.15, 0.2) is 5.76 Å². The van der Waals surface area contributed by atoms with E-state index in [2.05, 4.69) is 15.5 Å². The van der Waals surface area contributed by atoms with Crippen LogP contribution in [0.15, 0.2) is 32.8 Å². The summed E-state index contributed by atoms with van der Waals surface area (Å²) >= 11 is 0. The van der Waals surface area contributed by atoms with E-state index in [-0.39, 0.29) is 17.6 Å². The first kappa shape index (κ1) is 18.5. The number of amides is 1. The first-order chi connectivity index (χ1) is 12.9. The molecule has 27 heavy (non-hydrogen) atoms. The summed E-state index contributed by atoms with van der Waals surface area (Å²) in [5.41, 5.74) is 14.6. The number of benzene rings is 1. The Bertz CT molecular complexity index is 939. The number of hydrogen-bond donors (Lipinski definition) is 3. The van der Waals surface area contributed by atoms with Crippen molar-refractivity contribution in [3.8, 4) is 5.75 Å². The summed E-state index contributed by atoms with van der Waals surface area (Å²) in [4.78, 5) is 12.8. The number of rotatable bonds is 4. The average Bonchev–Trinajstić information content (AvgIpc) is 2.98. The lowest BCUT2D eigenvalue weighted by atomic mass is 9.93. The Morgan fingerprint density at radius 2 is 2.04 bits per heavy atom. The molecule has 1 aromatic heterocycles. The van der Waals surface area contributed by atoms with E-state index in [1.807, 2.05) is 32.0 Å². The molecule has 0 spiro atoms. The Labute approximate surface area is 157 Å². The van der Waals surface area contributed by atoms with Crippen molar-refractivity contribution >= 4 is 23.3 Å². The second-order valence-electron chi connectivity index (χ2n) is 6.44. The zero-order chi connectivity index (χ0) is 19.6. The summed E-state index contributed by atoms with van der Waals surface area (Å²) in [5, 5.41) is 10.7. The first-order valence-electron chi connectivity index (χ1n) is 8.64. The van der Waals surface area contributed by atoms with Crippen LogP contribution in [0.4, 0.5) is 5.69 Å². The van der Waals surface area contributed by atoms with Crippen molar-refractivity contribution in [2.24, 2.45) is 21.7 Å². The van der Waals surface area contributed by atoms with E-state index in [1.54, 1.807) is 7.11 Å². The van der Waals surface area contributed by atoms with E-state index in [9.17, 15) is 4.79 Å². The summed E-state index contributed by atoms with van der Waals surface area (Å²) < 4.78 is 11.2. The number of nitrogens with zero attached hydrogens (tertiary/aromatic N) is 2. The standard InChI is InChI=1S/C19H23N5O3/c1-10-7-8-14(26-3)13(9-10)22-18(25)17-11(2)16-12(23-24-19(20)21)5-4-6-15(16)27-17/h7-9H,4-6H2,1-3H3,(H,22,25)(H4,20,21,24)/b23-12+. The van der Waals surface area contributed by atoms with Crippen LogP contribution in [0.5, 0.6) is 5.75 Å². The van der Waals surface area contributed by atoms with Gasteiger partial charge in [0.05, 0.1) is 18.5 Å². The lowest BCUT2D eigenvalue weighted by molar-refractivity contribution is 0.0993. The molecule has 0 unspecified atom stereocenters. The number of methoxy groups -OCH3 is 1. The fourth-order valence-electron chi connectivity index (χ4n) is 3.20. The monoisotopic (exact) mass is 369 g/mol. The third kappa shape index (κ3) is 3.79. The van der Waals surface area contributed by atoms with Crippen molar-refractivity contribution in [1.82, 2.24) is 0 Å². The summed E-state index contributed by atoms with van der Waals surface area (Å²) in [7, 11) is 1.56. The van der Waals surface area contributed by atoms with Gasteiger partial charge in [-0.25, -0.2) is 0 Å². The fourth-order valence-corrected chi connectivity index (χ4v) is 3.20. The number of ether oxygens (including phenoxy) is 1. The van der Waals surface area contributed by atoms with Crippen LogP contribution in [0.3, 0.4) is 0 Å². The van der Waals surface area contributed by atoms with E-state index in [1.165, 1.54) is 0 Å². The van der Waals surface area contributed by atoms with Gasteiger partial charge in [-0.05, 0) is 44.4 Å². The number of nitrogens with one attached hydrogen (secondary N) is 1. The normalized spacial score (nSPS) is 14.6. The zero-order valence-corrected chi connectivity index (χ0v) is 15.6. The highest BCUT2D eigenvalue weighted by atomic mass is 16.5. The quantitative estimate of drug-likeness (QED) is 0.433. The number of guanidine groups is 1. The fraction of sp³-hybridized carbons (Fsp3) is 0.316. The predicted molar refractivity (Wildman–Crippen MR) is 104 cm³/mol. The van der Waals surface area contributed by atoms with Gasteiger partial charge in [0.2, 0.25) is 5.96 Å². The van der Waals surface area contributed by atoms with Crippen LogP contribution in [-0.4, -0.2) is 24.7 Å². The molecule has 1 aliphatic carbocycles. The van der Waals surface area contributed by atoms with Gasteiger partial charge in [-0.15, -0.1) is 5.10 Å². The lowest BCUT2D eigenvalue weighted by Crippen LogP contribution is -2.22. The molecule has 0 bridgehead atoms.